The Kier molecular flexibility index (Phi) is 4.39. The lowest BCUT2D eigenvalue weighted by Crippen LogP contribution is -2.05. The minimum absolute atomic E-state index is 0.106. The highest BCUT2D eigenvalue weighted by Crippen LogP contribution is 2.33. The highest BCUT2D eigenvalue weighted by molar-refractivity contribution is 7.85. The topological polar surface area (TPSA) is 81.3 Å². The van der Waals surface area contributed by atoms with Gasteiger partial charge in [-0.1, -0.05) is 23.5 Å². The van der Waals surface area contributed by atoms with Crippen molar-refractivity contribution in [3.63, 3.8) is 0 Å². The Hall–Kier alpha value is -2.42. The quantitative estimate of drug-likeness (QED) is 0.503. The van der Waals surface area contributed by atoms with E-state index in [2.05, 4.69) is 9.97 Å². The zero-order valence-corrected chi connectivity index (χ0v) is 15.6. The number of benzene rings is 2. The van der Waals surface area contributed by atoms with Crippen molar-refractivity contribution in [1.82, 2.24) is 9.97 Å². The molecule has 0 radical (unpaired) electrons. The molecule has 0 fully saturated rings. The predicted molar refractivity (Wildman–Crippen MR) is 102 cm³/mol. The molecule has 0 aliphatic rings. The highest BCUT2D eigenvalue weighted by Gasteiger charge is 2.10. The van der Waals surface area contributed by atoms with Gasteiger partial charge in [-0.05, 0) is 42.3 Å². The molecule has 2 aromatic carbocycles. The summed E-state index contributed by atoms with van der Waals surface area (Å²) in [6.45, 7) is 0.106. The Labute approximate surface area is 154 Å². The summed E-state index contributed by atoms with van der Waals surface area (Å²) in [5, 5.41) is 1.56. The summed E-state index contributed by atoms with van der Waals surface area (Å²) in [6, 6.07) is 13.6. The van der Waals surface area contributed by atoms with Crippen LogP contribution in [0.1, 0.15) is 5.56 Å². The van der Waals surface area contributed by atoms with Crippen LogP contribution in [0.15, 0.2) is 48.7 Å². The molecule has 0 amide bonds. The van der Waals surface area contributed by atoms with Crippen molar-refractivity contribution < 1.29 is 17.3 Å². The fourth-order valence-corrected chi connectivity index (χ4v) is 3.95. The highest BCUT2D eigenvalue weighted by atomic mass is 32.2. The maximum absolute atomic E-state index is 11.1. The van der Waals surface area contributed by atoms with Gasteiger partial charge in [0.2, 0.25) is 0 Å². The molecule has 0 unspecified atom stereocenters. The van der Waals surface area contributed by atoms with Crippen LogP contribution < -0.4 is 4.74 Å². The Morgan fingerprint density at radius 3 is 2.85 bits per heavy atom. The normalized spacial score (nSPS) is 12.0. The molecule has 0 spiro atoms. The molecule has 2 aromatic heterocycles. The number of thiazole rings is 1. The van der Waals surface area contributed by atoms with Crippen LogP contribution in [0.2, 0.25) is 0 Å². The van der Waals surface area contributed by atoms with Crippen molar-refractivity contribution >= 4 is 42.6 Å². The van der Waals surface area contributed by atoms with Gasteiger partial charge < -0.3 is 9.72 Å². The number of aromatic nitrogens is 2. The van der Waals surface area contributed by atoms with Gasteiger partial charge in [-0.2, -0.15) is 8.42 Å². The molecule has 0 atom stereocenters. The maximum atomic E-state index is 11.1. The SMILES string of the molecule is CS(=O)(=O)OCCc1c[nH]c2ccc(Oc3nc4ccccc4s3)cc12. The molecule has 0 bridgehead atoms. The van der Waals surface area contributed by atoms with Crippen LogP contribution in [-0.4, -0.2) is 31.2 Å². The zero-order chi connectivity index (χ0) is 18.1. The number of ether oxygens (including phenoxy) is 1. The van der Waals surface area contributed by atoms with Crippen molar-refractivity contribution in [2.75, 3.05) is 12.9 Å². The summed E-state index contributed by atoms with van der Waals surface area (Å²) in [5.41, 5.74) is 2.84. The number of nitrogens with one attached hydrogen (secondary N) is 1. The van der Waals surface area contributed by atoms with Gasteiger partial charge in [0.1, 0.15) is 5.75 Å². The van der Waals surface area contributed by atoms with Gasteiger partial charge in [0.15, 0.2) is 0 Å². The molecule has 0 saturated heterocycles. The van der Waals surface area contributed by atoms with Crippen LogP contribution in [-0.2, 0) is 20.7 Å². The van der Waals surface area contributed by atoms with Gasteiger partial charge in [-0.15, -0.1) is 0 Å². The molecule has 0 aliphatic heterocycles. The first-order chi connectivity index (χ1) is 12.5. The van der Waals surface area contributed by atoms with Crippen LogP contribution in [0.25, 0.3) is 21.1 Å². The van der Waals surface area contributed by atoms with E-state index in [0.29, 0.717) is 17.4 Å². The van der Waals surface area contributed by atoms with E-state index in [9.17, 15) is 8.42 Å². The summed E-state index contributed by atoms with van der Waals surface area (Å²) in [6.07, 6.45) is 3.39. The average Bonchev–Trinajstić information content (AvgIpc) is 3.17. The summed E-state index contributed by atoms with van der Waals surface area (Å²) in [4.78, 5) is 7.65. The minimum atomic E-state index is -3.43. The molecular formula is C18H16N2O4S2. The van der Waals surface area contributed by atoms with Crippen molar-refractivity contribution in [1.29, 1.82) is 0 Å². The first-order valence-corrected chi connectivity index (χ1v) is 10.6. The van der Waals surface area contributed by atoms with Crippen LogP contribution in [0, 0.1) is 0 Å². The van der Waals surface area contributed by atoms with Gasteiger partial charge in [0, 0.05) is 17.1 Å². The number of H-pyrrole nitrogens is 1. The summed E-state index contributed by atoms with van der Waals surface area (Å²) in [5.74, 6) is 0.682. The predicted octanol–water partition coefficient (Wildman–Crippen LogP) is 4.09. The summed E-state index contributed by atoms with van der Waals surface area (Å²) in [7, 11) is -3.43. The van der Waals surface area contributed by atoms with Gasteiger partial charge in [-0.3, -0.25) is 4.18 Å². The third kappa shape index (κ3) is 3.72. The van der Waals surface area contributed by atoms with E-state index in [1.807, 2.05) is 48.7 Å². The van der Waals surface area contributed by atoms with Crippen LogP contribution in [0.5, 0.6) is 10.9 Å². The summed E-state index contributed by atoms with van der Waals surface area (Å²) < 4.78 is 34.0. The molecule has 0 aliphatic carbocycles. The van der Waals surface area contributed by atoms with Crippen LogP contribution in [0.4, 0.5) is 0 Å². The molecule has 4 rings (SSSR count). The lowest BCUT2D eigenvalue weighted by atomic mass is 10.1. The Balaban J connectivity index is 1.57. The lowest BCUT2D eigenvalue weighted by Gasteiger charge is -2.04. The number of hydrogen-bond donors (Lipinski definition) is 1. The Morgan fingerprint density at radius 2 is 2.04 bits per heavy atom. The third-order valence-electron chi connectivity index (χ3n) is 3.89. The van der Waals surface area contributed by atoms with E-state index in [-0.39, 0.29) is 6.61 Å². The minimum Gasteiger partial charge on any atom is -0.431 e. The molecule has 6 nitrogen and oxygen atoms in total. The van der Waals surface area contributed by atoms with Crippen LogP contribution in [0.3, 0.4) is 0 Å². The second-order valence-corrected chi connectivity index (χ2v) is 8.48. The van der Waals surface area contributed by atoms with Crippen molar-refractivity contribution in [2.45, 2.75) is 6.42 Å². The number of rotatable bonds is 6. The molecule has 4 aromatic rings. The molecular weight excluding hydrogens is 372 g/mol. The fraction of sp³-hybridized carbons (Fsp3) is 0.167. The van der Waals surface area contributed by atoms with Gasteiger partial charge >= 0.3 is 0 Å². The van der Waals surface area contributed by atoms with E-state index in [4.69, 9.17) is 8.92 Å². The largest absolute Gasteiger partial charge is 0.431 e. The maximum Gasteiger partial charge on any atom is 0.279 e. The lowest BCUT2D eigenvalue weighted by molar-refractivity contribution is 0.326. The molecule has 134 valence electrons. The Bertz CT molecular complexity index is 1150. The second kappa shape index (κ2) is 6.71. The molecule has 0 saturated carbocycles. The molecule has 1 N–H and O–H groups in total. The number of nitrogens with zero attached hydrogens (tertiary/aromatic N) is 1. The van der Waals surface area contributed by atoms with E-state index >= 15 is 0 Å². The second-order valence-electron chi connectivity index (χ2n) is 5.85. The van der Waals surface area contributed by atoms with Gasteiger partial charge in [0.05, 0.1) is 23.1 Å². The molecule has 26 heavy (non-hydrogen) atoms. The Morgan fingerprint density at radius 1 is 1.19 bits per heavy atom. The number of fused-ring (bicyclic) bond motifs is 2. The van der Waals surface area contributed by atoms with Crippen LogP contribution >= 0.6 is 11.3 Å². The van der Waals surface area contributed by atoms with Crippen molar-refractivity contribution in [3.8, 4) is 10.9 Å². The van der Waals surface area contributed by atoms with Gasteiger partial charge in [0.25, 0.3) is 15.3 Å². The zero-order valence-electron chi connectivity index (χ0n) is 13.9. The van der Waals surface area contributed by atoms with Crippen molar-refractivity contribution in [2.24, 2.45) is 0 Å². The summed E-state index contributed by atoms with van der Waals surface area (Å²) >= 11 is 1.49. The van der Waals surface area contributed by atoms with E-state index in [0.717, 1.165) is 32.9 Å². The van der Waals surface area contributed by atoms with E-state index in [1.54, 1.807) is 0 Å². The number of aromatic amines is 1. The smallest absolute Gasteiger partial charge is 0.279 e. The standard InChI is InChI=1S/C18H16N2O4S2/c1-26(21,22)23-9-8-12-11-19-15-7-6-13(10-14(12)15)24-18-20-16-4-2-3-5-17(16)25-18/h2-7,10-11,19H,8-9H2,1H3. The first-order valence-electron chi connectivity index (χ1n) is 7.96. The first kappa shape index (κ1) is 17.0. The monoisotopic (exact) mass is 388 g/mol. The van der Waals surface area contributed by atoms with Crippen molar-refractivity contribution in [3.05, 3.63) is 54.2 Å². The van der Waals surface area contributed by atoms with E-state index < -0.39 is 10.1 Å². The number of hydrogen-bond acceptors (Lipinski definition) is 6. The van der Waals surface area contributed by atoms with Gasteiger partial charge in [-0.25, -0.2) is 4.98 Å². The van der Waals surface area contributed by atoms with E-state index in [1.165, 1.54) is 11.3 Å². The molecule has 8 heteroatoms. The number of para-hydroxylation sites is 1. The fourth-order valence-electron chi connectivity index (χ4n) is 2.73. The average molecular weight is 388 g/mol. The molecule has 2 heterocycles. The third-order valence-corrected chi connectivity index (χ3v) is 5.40.